The first-order valence-electron chi connectivity index (χ1n) is 6.87. The number of benzene rings is 1. The number of anilines is 3. The minimum Gasteiger partial charge on any atom is -0.354 e. The topological polar surface area (TPSA) is 54.0 Å². The predicted octanol–water partition coefficient (Wildman–Crippen LogP) is 4.53. The van der Waals surface area contributed by atoms with E-state index in [-0.39, 0.29) is 5.91 Å². The van der Waals surface area contributed by atoms with Gasteiger partial charge in [-0.3, -0.25) is 4.79 Å². The van der Waals surface area contributed by atoms with Crippen LogP contribution in [0.5, 0.6) is 0 Å². The molecule has 1 amide bonds. The van der Waals surface area contributed by atoms with Gasteiger partial charge in [-0.1, -0.05) is 24.6 Å². The molecule has 0 aliphatic carbocycles. The van der Waals surface area contributed by atoms with E-state index in [1.807, 2.05) is 38.1 Å². The van der Waals surface area contributed by atoms with Crippen molar-refractivity contribution in [3.05, 3.63) is 47.1 Å². The van der Waals surface area contributed by atoms with Gasteiger partial charge in [-0.05, 0) is 43.2 Å². The van der Waals surface area contributed by atoms with E-state index in [1.54, 1.807) is 12.3 Å². The second-order valence-corrected chi connectivity index (χ2v) is 5.25. The van der Waals surface area contributed by atoms with Crippen molar-refractivity contribution in [2.24, 2.45) is 0 Å². The summed E-state index contributed by atoms with van der Waals surface area (Å²) in [5.74, 6) is 0.540. The van der Waals surface area contributed by atoms with E-state index >= 15 is 0 Å². The van der Waals surface area contributed by atoms with Gasteiger partial charge in [0.25, 0.3) is 0 Å². The highest BCUT2D eigenvalue weighted by Gasteiger charge is 2.03. The molecule has 21 heavy (non-hydrogen) atoms. The number of hydrogen-bond acceptors (Lipinski definition) is 3. The summed E-state index contributed by atoms with van der Waals surface area (Å²) < 4.78 is 0. The molecule has 110 valence electrons. The number of carbonyl (C=O) groups is 1. The molecular weight excluding hydrogens is 286 g/mol. The van der Waals surface area contributed by atoms with Gasteiger partial charge in [-0.15, -0.1) is 0 Å². The van der Waals surface area contributed by atoms with Crippen LogP contribution >= 0.6 is 11.6 Å². The van der Waals surface area contributed by atoms with Crippen LogP contribution in [-0.2, 0) is 4.79 Å². The van der Waals surface area contributed by atoms with E-state index in [9.17, 15) is 4.79 Å². The van der Waals surface area contributed by atoms with E-state index in [1.165, 1.54) is 0 Å². The van der Waals surface area contributed by atoms with Gasteiger partial charge >= 0.3 is 0 Å². The Labute approximate surface area is 129 Å². The third-order valence-electron chi connectivity index (χ3n) is 2.99. The summed E-state index contributed by atoms with van der Waals surface area (Å²) in [6, 6.07) is 9.32. The van der Waals surface area contributed by atoms with E-state index in [2.05, 4.69) is 15.6 Å². The summed E-state index contributed by atoms with van der Waals surface area (Å²) in [5.41, 5.74) is 2.88. The first kappa shape index (κ1) is 15.3. The van der Waals surface area contributed by atoms with Gasteiger partial charge in [0.05, 0.1) is 11.9 Å². The number of amides is 1. The van der Waals surface area contributed by atoms with Gasteiger partial charge < -0.3 is 10.6 Å². The number of aryl methyl sites for hydroxylation is 1. The molecule has 2 aromatic rings. The first-order chi connectivity index (χ1) is 10.1. The molecule has 1 heterocycles. The first-order valence-corrected chi connectivity index (χ1v) is 7.25. The maximum atomic E-state index is 11.5. The molecule has 0 unspecified atom stereocenters. The largest absolute Gasteiger partial charge is 0.354 e. The molecule has 0 fully saturated rings. The van der Waals surface area contributed by atoms with E-state index in [4.69, 9.17) is 11.6 Å². The second kappa shape index (κ2) is 7.09. The van der Waals surface area contributed by atoms with Crippen LogP contribution in [0, 0.1) is 6.92 Å². The van der Waals surface area contributed by atoms with Crippen molar-refractivity contribution in [2.45, 2.75) is 26.7 Å². The molecule has 0 atom stereocenters. The van der Waals surface area contributed by atoms with Crippen LogP contribution in [0.25, 0.3) is 0 Å². The zero-order valence-corrected chi connectivity index (χ0v) is 12.9. The third-order valence-corrected chi connectivity index (χ3v) is 3.22. The summed E-state index contributed by atoms with van der Waals surface area (Å²) in [6.07, 6.45) is 3.00. The fraction of sp³-hybridized carbons (Fsp3) is 0.250. The Hall–Kier alpha value is -2.07. The normalized spacial score (nSPS) is 10.2. The third kappa shape index (κ3) is 4.46. The Bertz CT molecular complexity index is 626. The monoisotopic (exact) mass is 303 g/mol. The maximum Gasteiger partial charge on any atom is 0.225 e. The van der Waals surface area contributed by atoms with Gasteiger partial charge in [0.2, 0.25) is 5.91 Å². The summed E-state index contributed by atoms with van der Waals surface area (Å²) in [6.45, 7) is 3.97. The molecule has 0 bridgehead atoms. The predicted molar refractivity (Wildman–Crippen MR) is 87.2 cm³/mol. The Morgan fingerprint density at radius 3 is 2.76 bits per heavy atom. The average Bonchev–Trinajstić information content (AvgIpc) is 2.45. The molecule has 0 aliphatic heterocycles. The summed E-state index contributed by atoms with van der Waals surface area (Å²) in [4.78, 5) is 15.7. The van der Waals surface area contributed by atoms with Gasteiger partial charge in [-0.25, -0.2) is 4.98 Å². The van der Waals surface area contributed by atoms with Crippen LogP contribution in [0.1, 0.15) is 25.3 Å². The van der Waals surface area contributed by atoms with Crippen molar-refractivity contribution in [3.63, 3.8) is 0 Å². The van der Waals surface area contributed by atoms with Gasteiger partial charge in [0, 0.05) is 17.1 Å². The lowest BCUT2D eigenvalue weighted by Gasteiger charge is -2.10. The Morgan fingerprint density at radius 1 is 1.29 bits per heavy atom. The van der Waals surface area contributed by atoms with Gasteiger partial charge in [0.1, 0.15) is 5.82 Å². The van der Waals surface area contributed by atoms with Crippen molar-refractivity contribution >= 4 is 34.7 Å². The van der Waals surface area contributed by atoms with Crippen molar-refractivity contribution in [3.8, 4) is 0 Å². The average molecular weight is 304 g/mol. The van der Waals surface area contributed by atoms with Crippen LogP contribution in [-0.4, -0.2) is 10.9 Å². The fourth-order valence-corrected chi connectivity index (χ4v) is 2.03. The molecule has 2 rings (SSSR count). The zero-order chi connectivity index (χ0) is 15.2. The molecule has 0 radical (unpaired) electrons. The standard InChI is InChI=1S/C16H18ClN3O/c1-3-4-16(21)20-15-8-7-13(10-18-15)19-14-9-12(17)6-5-11(14)2/h5-10,19H,3-4H2,1-2H3,(H,18,20,21). The van der Waals surface area contributed by atoms with Crippen molar-refractivity contribution in [1.82, 2.24) is 4.98 Å². The number of hydrogen-bond donors (Lipinski definition) is 2. The van der Waals surface area contributed by atoms with Crippen LogP contribution in [0.4, 0.5) is 17.2 Å². The van der Waals surface area contributed by atoms with E-state index < -0.39 is 0 Å². The molecule has 4 nitrogen and oxygen atoms in total. The molecule has 1 aromatic heterocycles. The summed E-state index contributed by atoms with van der Waals surface area (Å²) in [7, 11) is 0. The number of nitrogens with one attached hydrogen (secondary N) is 2. The Morgan fingerprint density at radius 2 is 2.10 bits per heavy atom. The fourth-order valence-electron chi connectivity index (χ4n) is 1.86. The van der Waals surface area contributed by atoms with Gasteiger partial charge in [-0.2, -0.15) is 0 Å². The number of halogens is 1. The van der Waals surface area contributed by atoms with Crippen molar-refractivity contribution < 1.29 is 4.79 Å². The van der Waals surface area contributed by atoms with Gasteiger partial charge in [0.15, 0.2) is 0 Å². The second-order valence-electron chi connectivity index (χ2n) is 4.81. The molecule has 0 aliphatic rings. The number of carbonyl (C=O) groups excluding carboxylic acids is 1. The Balaban J connectivity index is 2.05. The molecule has 2 N–H and O–H groups in total. The molecule has 5 heteroatoms. The van der Waals surface area contributed by atoms with Crippen LogP contribution < -0.4 is 10.6 Å². The highest BCUT2D eigenvalue weighted by atomic mass is 35.5. The minimum atomic E-state index is -0.0172. The molecule has 0 saturated carbocycles. The lowest BCUT2D eigenvalue weighted by Crippen LogP contribution is -2.11. The van der Waals surface area contributed by atoms with Crippen molar-refractivity contribution in [2.75, 3.05) is 10.6 Å². The maximum absolute atomic E-state index is 11.5. The highest BCUT2D eigenvalue weighted by Crippen LogP contribution is 2.24. The quantitative estimate of drug-likeness (QED) is 0.853. The summed E-state index contributed by atoms with van der Waals surface area (Å²) >= 11 is 5.99. The van der Waals surface area contributed by atoms with E-state index in [0.717, 1.165) is 23.4 Å². The smallest absolute Gasteiger partial charge is 0.225 e. The van der Waals surface area contributed by atoms with Crippen LogP contribution in [0.3, 0.4) is 0 Å². The van der Waals surface area contributed by atoms with E-state index in [0.29, 0.717) is 17.3 Å². The summed E-state index contributed by atoms with van der Waals surface area (Å²) in [5, 5.41) is 6.69. The van der Waals surface area contributed by atoms with Crippen LogP contribution in [0.2, 0.25) is 5.02 Å². The molecule has 0 spiro atoms. The SMILES string of the molecule is CCCC(=O)Nc1ccc(Nc2cc(Cl)ccc2C)cn1. The zero-order valence-electron chi connectivity index (χ0n) is 12.1. The number of rotatable bonds is 5. The lowest BCUT2D eigenvalue weighted by molar-refractivity contribution is -0.116. The Kier molecular flexibility index (Phi) is 5.17. The molecular formula is C16H18ClN3O. The lowest BCUT2D eigenvalue weighted by atomic mass is 10.2. The highest BCUT2D eigenvalue weighted by molar-refractivity contribution is 6.30. The minimum absolute atomic E-state index is 0.0172. The number of nitrogens with zero attached hydrogens (tertiary/aromatic N) is 1. The number of aromatic nitrogens is 1. The van der Waals surface area contributed by atoms with Crippen LogP contribution in [0.15, 0.2) is 36.5 Å². The van der Waals surface area contributed by atoms with Crippen molar-refractivity contribution in [1.29, 1.82) is 0 Å². The molecule has 1 aromatic carbocycles. The molecule has 0 saturated heterocycles. The number of pyridine rings is 1.